The molecule has 2 aromatic carbocycles. The molecule has 3 aromatic rings. The number of carboxylic acid groups (broad SMARTS) is 2. The van der Waals surface area contributed by atoms with Gasteiger partial charge < -0.3 is 15.5 Å². The summed E-state index contributed by atoms with van der Waals surface area (Å²) in [6, 6.07) is 12.7. The Bertz CT molecular complexity index is 1050. The fraction of sp³-hybridized carbons (Fsp3) is 0.150. The zero-order valence-electron chi connectivity index (χ0n) is 15.4. The molecule has 0 bridgehead atoms. The highest BCUT2D eigenvalue weighted by Crippen LogP contribution is 2.32. The quantitative estimate of drug-likeness (QED) is 0.433. The Morgan fingerprint density at radius 2 is 1.83 bits per heavy atom. The van der Waals surface area contributed by atoms with E-state index in [0.29, 0.717) is 12.2 Å². The van der Waals surface area contributed by atoms with E-state index in [1.54, 1.807) is 12.7 Å². The molecule has 0 saturated carbocycles. The van der Waals surface area contributed by atoms with Gasteiger partial charge in [0.25, 0.3) is 0 Å². The summed E-state index contributed by atoms with van der Waals surface area (Å²) >= 11 is 0. The molecular weight excluding hydrogens is 374 g/mol. The third-order valence-electron chi connectivity index (χ3n) is 4.06. The number of hydrogen-bond acceptors (Lipinski definition) is 5. The van der Waals surface area contributed by atoms with E-state index in [9.17, 15) is 9.59 Å². The fourth-order valence-electron chi connectivity index (χ4n) is 2.88. The van der Waals surface area contributed by atoms with Gasteiger partial charge in [0.1, 0.15) is 18.5 Å². The standard InChI is InChI=1S/C16H15N5.C4H4O4/c1-4-12-5-2-7-14-15(12)13(6-1)16(20-14)18-8-3-9-21-11-17-10-19-21;5-3(6)1-2-4(7)8/h1-2,4-7,10-11H,3,8-9H2,(H,18,20);1-2H,(H,5,6)(H,7,8)/b;2-1+. The molecule has 1 aromatic heterocycles. The lowest BCUT2D eigenvalue weighted by Crippen LogP contribution is -2.09. The molecule has 0 unspecified atom stereocenters. The van der Waals surface area contributed by atoms with Gasteiger partial charge in [-0.15, -0.1) is 0 Å². The van der Waals surface area contributed by atoms with Crippen LogP contribution in [0, 0.1) is 0 Å². The van der Waals surface area contributed by atoms with Crippen molar-refractivity contribution in [3.63, 3.8) is 0 Å². The van der Waals surface area contributed by atoms with Crippen molar-refractivity contribution in [2.75, 3.05) is 11.9 Å². The smallest absolute Gasteiger partial charge is 0.328 e. The second-order valence-electron chi connectivity index (χ2n) is 6.09. The number of amidine groups is 1. The molecule has 4 rings (SSSR count). The van der Waals surface area contributed by atoms with Crippen LogP contribution < -0.4 is 5.32 Å². The number of aliphatic carboxylic acids is 2. The van der Waals surface area contributed by atoms with Gasteiger partial charge in [0.15, 0.2) is 0 Å². The minimum Gasteiger partial charge on any atom is -0.478 e. The number of carboxylic acids is 2. The first-order valence-corrected chi connectivity index (χ1v) is 8.84. The number of rotatable bonds is 6. The highest BCUT2D eigenvalue weighted by Gasteiger charge is 2.18. The highest BCUT2D eigenvalue weighted by molar-refractivity contribution is 6.25. The maximum Gasteiger partial charge on any atom is 0.328 e. The van der Waals surface area contributed by atoms with Gasteiger partial charge in [-0.2, -0.15) is 5.10 Å². The second-order valence-corrected chi connectivity index (χ2v) is 6.09. The van der Waals surface area contributed by atoms with E-state index >= 15 is 0 Å². The number of carbonyl (C=O) groups is 2. The molecule has 29 heavy (non-hydrogen) atoms. The number of aromatic nitrogens is 3. The molecule has 9 heteroatoms. The molecule has 1 aliphatic heterocycles. The van der Waals surface area contributed by atoms with Crippen molar-refractivity contribution in [3.8, 4) is 0 Å². The van der Waals surface area contributed by atoms with Gasteiger partial charge in [-0.25, -0.2) is 14.6 Å². The topological polar surface area (TPSA) is 130 Å². The Morgan fingerprint density at radius 1 is 1.10 bits per heavy atom. The van der Waals surface area contributed by atoms with Crippen LogP contribution in [0.3, 0.4) is 0 Å². The first-order chi connectivity index (χ1) is 14.0. The van der Waals surface area contributed by atoms with Crippen molar-refractivity contribution < 1.29 is 19.8 Å². The van der Waals surface area contributed by atoms with Crippen molar-refractivity contribution >= 4 is 34.2 Å². The van der Waals surface area contributed by atoms with Crippen molar-refractivity contribution in [1.29, 1.82) is 0 Å². The summed E-state index contributed by atoms with van der Waals surface area (Å²) in [4.78, 5) is 27.7. The number of hydrogen-bond donors (Lipinski definition) is 3. The molecule has 0 atom stereocenters. The Hall–Kier alpha value is -4.01. The van der Waals surface area contributed by atoms with Crippen LogP contribution >= 0.6 is 0 Å². The predicted molar refractivity (Wildman–Crippen MR) is 108 cm³/mol. The maximum absolute atomic E-state index is 9.55. The molecule has 1 aliphatic rings. The Balaban J connectivity index is 0.000000258. The summed E-state index contributed by atoms with van der Waals surface area (Å²) in [5.74, 6) is -1.54. The Morgan fingerprint density at radius 3 is 2.48 bits per heavy atom. The normalized spacial score (nSPS) is 13.3. The summed E-state index contributed by atoms with van der Waals surface area (Å²) in [5, 5.41) is 25.7. The minimum absolute atomic E-state index is 0.558. The summed E-state index contributed by atoms with van der Waals surface area (Å²) < 4.78 is 1.83. The van der Waals surface area contributed by atoms with Gasteiger partial charge in [-0.1, -0.05) is 30.3 Å². The van der Waals surface area contributed by atoms with Crippen LogP contribution in [0.15, 0.2) is 66.2 Å². The zero-order valence-corrected chi connectivity index (χ0v) is 15.4. The predicted octanol–water partition coefficient (Wildman–Crippen LogP) is 2.41. The van der Waals surface area contributed by atoms with Crippen molar-refractivity contribution in [1.82, 2.24) is 14.8 Å². The molecular formula is C20H19N5O4. The van der Waals surface area contributed by atoms with Crippen LogP contribution in [0.1, 0.15) is 12.0 Å². The van der Waals surface area contributed by atoms with Crippen LogP contribution in [-0.4, -0.2) is 49.3 Å². The SMILES string of the molecule is O=C(O)/C=C/C(=O)O.c1cc2c3c(cccc3c1)C(=NCCCn1cncn1)N2. The average Bonchev–Trinajstić information content (AvgIpc) is 3.34. The monoisotopic (exact) mass is 393 g/mol. The van der Waals surface area contributed by atoms with Crippen LogP contribution in [-0.2, 0) is 16.1 Å². The number of aryl methyl sites for hydroxylation is 1. The first-order valence-electron chi connectivity index (χ1n) is 8.84. The van der Waals surface area contributed by atoms with Crippen LogP contribution in [0.2, 0.25) is 0 Å². The lowest BCUT2D eigenvalue weighted by molar-refractivity contribution is -0.134. The average molecular weight is 393 g/mol. The van der Waals surface area contributed by atoms with E-state index < -0.39 is 11.9 Å². The van der Waals surface area contributed by atoms with Gasteiger partial charge in [0.05, 0.1) is 0 Å². The molecule has 2 heterocycles. The molecule has 148 valence electrons. The van der Waals surface area contributed by atoms with Crippen molar-refractivity contribution in [2.24, 2.45) is 4.99 Å². The third kappa shape index (κ3) is 5.25. The fourth-order valence-corrected chi connectivity index (χ4v) is 2.88. The molecule has 0 fully saturated rings. The van der Waals surface area contributed by atoms with Gasteiger partial charge in [-0.3, -0.25) is 9.67 Å². The van der Waals surface area contributed by atoms with E-state index in [0.717, 1.165) is 31.0 Å². The Labute approximate surface area is 166 Å². The van der Waals surface area contributed by atoms with E-state index in [4.69, 9.17) is 15.2 Å². The van der Waals surface area contributed by atoms with Gasteiger partial charge >= 0.3 is 11.9 Å². The number of anilines is 1. The molecule has 0 spiro atoms. The number of aliphatic imine (C=N–C) groups is 1. The van der Waals surface area contributed by atoms with Crippen molar-refractivity contribution in [2.45, 2.75) is 13.0 Å². The van der Waals surface area contributed by atoms with Crippen LogP contribution in [0.4, 0.5) is 5.69 Å². The van der Waals surface area contributed by atoms with E-state index in [-0.39, 0.29) is 0 Å². The van der Waals surface area contributed by atoms with Crippen LogP contribution in [0.5, 0.6) is 0 Å². The molecule has 0 amide bonds. The summed E-state index contributed by atoms with van der Waals surface area (Å²) in [7, 11) is 0. The number of nitrogens with zero attached hydrogens (tertiary/aromatic N) is 4. The van der Waals surface area contributed by atoms with E-state index in [2.05, 4.69) is 51.8 Å². The number of benzene rings is 2. The minimum atomic E-state index is -1.26. The van der Waals surface area contributed by atoms with E-state index in [1.807, 2.05) is 4.68 Å². The van der Waals surface area contributed by atoms with Crippen LogP contribution in [0.25, 0.3) is 10.8 Å². The zero-order chi connectivity index (χ0) is 20.6. The lowest BCUT2D eigenvalue weighted by atomic mass is 10.1. The lowest BCUT2D eigenvalue weighted by Gasteiger charge is -2.02. The summed E-state index contributed by atoms with van der Waals surface area (Å²) in [6.07, 6.45) is 5.35. The van der Waals surface area contributed by atoms with Crippen molar-refractivity contribution in [3.05, 3.63) is 66.8 Å². The number of nitrogens with one attached hydrogen (secondary N) is 1. The van der Waals surface area contributed by atoms with E-state index in [1.165, 1.54) is 16.3 Å². The van der Waals surface area contributed by atoms with Gasteiger partial charge in [0.2, 0.25) is 0 Å². The molecule has 3 N–H and O–H groups in total. The molecule has 0 radical (unpaired) electrons. The second kappa shape index (κ2) is 9.27. The maximum atomic E-state index is 9.55. The highest BCUT2D eigenvalue weighted by atomic mass is 16.4. The van der Waals surface area contributed by atoms with Gasteiger partial charge in [0, 0.05) is 41.9 Å². The molecule has 9 nitrogen and oxygen atoms in total. The first kappa shape index (κ1) is 19.7. The third-order valence-corrected chi connectivity index (χ3v) is 4.06. The molecule has 0 aliphatic carbocycles. The van der Waals surface area contributed by atoms with Gasteiger partial charge in [-0.05, 0) is 17.9 Å². The summed E-state index contributed by atoms with van der Waals surface area (Å²) in [6.45, 7) is 1.61. The molecule has 0 saturated heterocycles. The largest absolute Gasteiger partial charge is 0.478 e. The Kier molecular flexibility index (Phi) is 6.31. The summed E-state index contributed by atoms with van der Waals surface area (Å²) in [5.41, 5.74) is 2.35.